The van der Waals surface area contributed by atoms with Gasteiger partial charge in [0, 0.05) is 48.9 Å². The molecule has 1 N–H and O–H groups in total. The number of pyridine rings is 1. The number of aromatic nitrogens is 2. The molecule has 0 aromatic carbocycles. The Balaban J connectivity index is 1.46. The molecule has 1 aliphatic rings. The van der Waals surface area contributed by atoms with E-state index in [1.807, 2.05) is 19.9 Å². The van der Waals surface area contributed by atoms with E-state index in [1.54, 1.807) is 29.4 Å². The van der Waals surface area contributed by atoms with E-state index >= 15 is 0 Å². The number of carbonyl (C=O) groups excluding carboxylic acids is 2. The van der Waals surface area contributed by atoms with Crippen molar-refractivity contribution in [1.82, 2.24) is 20.4 Å². The van der Waals surface area contributed by atoms with Crippen molar-refractivity contribution < 1.29 is 14.1 Å². The molecule has 0 saturated carbocycles. The minimum absolute atomic E-state index is 0.00456. The lowest BCUT2D eigenvalue weighted by Gasteiger charge is -2.31. The quantitative estimate of drug-likeness (QED) is 0.888. The van der Waals surface area contributed by atoms with Crippen molar-refractivity contribution in [2.24, 2.45) is 5.92 Å². The lowest BCUT2D eigenvalue weighted by Crippen LogP contribution is -2.42. The first-order valence-electron chi connectivity index (χ1n) is 8.97. The Morgan fingerprint density at radius 2 is 1.96 bits per heavy atom. The number of hydrogen-bond acceptors (Lipinski definition) is 5. The van der Waals surface area contributed by atoms with Gasteiger partial charge in [-0.1, -0.05) is 19.0 Å². The summed E-state index contributed by atoms with van der Waals surface area (Å²) in [5.74, 6) is 1.02. The SMILES string of the molecule is CC(C)c1cc(CNC(=O)C2CCN(C(=O)c3ccncc3)CC2)no1. The van der Waals surface area contributed by atoms with Gasteiger partial charge < -0.3 is 14.7 Å². The minimum atomic E-state index is -0.0760. The molecule has 1 saturated heterocycles. The van der Waals surface area contributed by atoms with Crippen molar-refractivity contribution in [3.05, 3.63) is 47.6 Å². The highest BCUT2D eigenvalue weighted by atomic mass is 16.5. The van der Waals surface area contributed by atoms with Crippen molar-refractivity contribution in [2.45, 2.75) is 39.2 Å². The maximum absolute atomic E-state index is 12.4. The maximum Gasteiger partial charge on any atom is 0.253 e. The number of likely N-dealkylation sites (tertiary alicyclic amines) is 1. The lowest BCUT2D eigenvalue weighted by molar-refractivity contribution is -0.126. The van der Waals surface area contributed by atoms with E-state index in [2.05, 4.69) is 15.5 Å². The molecule has 0 atom stereocenters. The molecular formula is C19H24N4O3. The molecule has 1 fully saturated rings. The molecule has 138 valence electrons. The molecule has 0 radical (unpaired) electrons. The van der Waals surface area contributed by atoms with Gasteiger partial charge in [0.15, 0.2) is 0 Å². The fraction of sp³-hybridized carbons (Fsp3) is 0.474. The number of amides is 2. The molecule has 0 unspecified atom stereocenters. The molecule has 7 heteroatoms. The first-order valence-corrected chi connectivity index (χ1v) is 8.97. The zero-order valence-electron chi connectivity index (χ0n) is 15.1. The fourth-order valence-electron chi connectivity index (χ4n) is 3.03. The molecule has 2 aromatic heterocycles. The van der Waals surface area contributed by atoms with Crippen LogP contribution >= 0.6 is 0 Å². The average molecular weight is 356 g/mol. The van der Waals surface area contributed by atoms with Crippen LogP contribution in [0.3, 0.4) is 0 Å². The van der Waals surface area contributed by atoms with Crippen LogP contribution in [0.4, 0.5) is 0 Å². The second-order valence-electron chi connectivity index (χ2n) is 6.90. The third-order valence-electron chi connectivity index (χ3n) is 4.67. The van der Waals surface area contributed by atoms with E-state index < -0.39 is 0 Å². The summed E-state index contributed by atoms with van der Waals surface area (Å²) in [5, 5.41) is 6.90. The summed E-state index contributed by atoms with van der Waals surface area (Å²) < 4.78 is 5.24. The zero-order chi connectivity index (χ0) is 18.5. The van der Waals surface area contributed by atoms with Gasteiger partial charge in [0.05, 0.1) is 6.54 Å². The summed E-state index contributed by atoms with van der Waals surface area (Å²) in [6, 6.07) is 5.30. The van der Waals surface area contributed by atoms with E-state index in [9.17, 15) is 9.59 Å². The highest BCUT2D eigenvalue weighted by Gasteiger charge is 2.27. The molecule has 0 spiro atoms. The summed E-state index contributed by atoms with van der Waals surface area (Å²) in [7, 11) is 0. The number of hydrogen-bond donors (Lipinski definition) is 1. The normalized spacial score (nSPS) is 15.3. The van der Waals surface area contributed by atoms with Gasteiger partial charge in [-0.2, -0.15) is 0 Å². The van der Waals surface area contributed by atoms with Crippen molar-refractivity contribution in [3.63, 3.8) is 0 Å². The third-order valence-corrected chi connectivity index (χ3v) is 4.67. The van der Waals surface area contributed by atoms with Gasteiger partial charge in [-0.3, -0.25) is 14.6 Å². The van der Waals surface area contributed by atoms with Gasteiger partial charge in [0.25, 0.3) is 5.91 Å². The fourth-order valence-corrected chi connectivity index (χ4v) is 3.03. The average Bonchev–Trinajstić information content (AvgIpc) is 3.16. The van der Waals surface area contributed by atoms with Gasteiger partial charge >= 0.3 is 0 Å². The highest BCUT2D eigenvalue weighted by molar-refractivity contribution is 5.94. The summed E-state index contributed by atoms with van der Waals surface area (Å²) in [6.07, 6.45) is 4.56. The predicted octanol–water partition coefficient (Wildman–Crippen LogP) is 2.36. The van der Waals surface area contributed by atoms with Crippen LogP contribution in [-0.2, 0) is 11.3 Å². The Kier molecular flexibility index (Phi) is 5.65. The maximum atomic E-state index is 12.4. The summed E-state index contributed by atoms with van der Waals surface area (Å²) in [4.78, 5) is 30.5. The Labute approximate surface area is 152 Å². The van der Waals surface area contributed by atoms with Crippen molar-refractivity contribution in [2.75, 3.05) is 13.1 Å². The third kappa shape index (κ3) is 4.28. The van der Waals surface area contributed by atoms with Gasteiger partial charge in [0.2, 0.25) is 5.91 Å². The van der Waals surface area contributed by atoms with Crippen molar-refractivity contribution in [1.29, 1.82) is 0 Å². The van der Waals surface area contributed by atoms with Crippen molar-refractivity contribution in [3.8, 4) is 0 Å². The smallest absolute Gasteiger partial charge is 0.253 e. The molecule has 3 rings (SSSR count). The van der Waals surface area contributed by atoms with E-state index in [4.69, 9.17) is 4.52 Å². The topological polar surface area (TPSA) is 88.3 Å². The lowest BCUT2D eigenvalue weighted by atomic mass is 9.95. The number of rotatable bonds is 5. The Bertz CT molecular complexity index is 749. The van der Waals surface area contributed by atoms with Crippen molar-refractivity contribution >= 4 is 11.8 Å². The molecular weight excluding hydrogens is 332 g/mol. The first kappa shape index (κ1) is 18.1. The van der Waals surface area contributed by atoms with Crippen LogP contribution in [0.1, 0.15) is 54.4 Å². The Morgan fingerprint density at radius 1 is 1.27 bits per heavy atom. The Hall–Kier alpha value is -2.70. The van der Waals surface area contributed by atoms with E-state index in [0.29, 0.717) is 38.0 Å². The largest absolute Gasteiger partial charge is 0.361 e. The number of carbonyl (C=O) groups is 2. The number of nitrogens with zero attached hydrogens (tertiary/aromatic N) is 3. The van der Waals surface area contributed by atoms with E-state index in [0.717, 1.165) is 11.5 Å². The van der Waals surface area contributed by atoms with Gasteiger partial charge in [0.1, 0.15) is 11.5 Å². The van der Waals surface area contributed by atoms with Gasteiger partial charge in [-0.25, -0.2) is 0 Å². The standard InChI is InChI=1S/C19H24N4O3/c1-13(2)17-11-16(22-26-17)12-21-18(24)14-5-9-23(10-6-14)19(25)15-3-7-20-8-4-15/h3-4,7-8,11,13-14H,5-6,9-10,12H2,1-2H3,(H,21,24). The van der Waals surface area contributed by atoms with Crippen LogP contribution in [0.15, 0.2) is 35.1 Å². The van der Waals surface area contributed by atoms with Crippen LogP contribution in [0, 0.1) is 5.92 Å². The molecule has 2 aromatic rings. The molecule has 2 amide bonds. The molecule has 3 heterocycles. The minimum Gasteiger partial charge on any atom is -0.361 e. The Morgan fingerprint density at radius 3 is 2.58 bits per heavy atom. The molecule has 7 nitrogen and oxygen atoms in total. The van der Waals surface area contributed by atoms with Gasteiger partial charge in [-0.15, -0.1) is 0 Å². The second kappa shape index (κ2) is 8.12. The number of piperidine rings is 1. The van der Waals surface area contributed by atoms with Crippen LogP contribution in [0.25, 0.3) is 0 Å². The zero-order valence-corrected chi connectivity index (χ0v) is 15.1. The molecule has 0 bridgehead atoms. The highest BCUT2D eigenvalue weighted by Crippen LogP contribution is 2.20. The molecule has 26 heavy (non-hydrogen) atoms. The molecule has 0 aliphatic carbocycles. The van der Waals surface area contributed by atoms with Gasteiger partial charge in [-0.05, 0) is 25.0 Å². The summed E-state index contributed by atoms with van der Waals surface area (Å²) >= 11 is 0. The first-order chi connectivity index (χ1) is 12.5. The van der Waals surface area contributed by atoms with E-state index in [1.165, 1.54) is 0 Å². The number of nitrogens with one attached hydrogen (secondary N) is 1. The van der Waals surface area contributed by atoms with Crippen LogP contribution in [-0.4, -0.2) is 39.9 Å². The van der Waals surface area contributed by atoms with Crippen LogP contribution in [0.2, 0.25) is 0 Å². The van der Waals surface area contributed by atoms with Crippen LogP contribution < -0.4 is 5.32 Å². The monoisotopic (exact) mass is 356 g/mol. The second-order valence-corrected chi connectivity index (χ2v) is 6.90. The summed E-state index contributed by atoms with van der Waals surface area (Å²) in [6.45, 7) is 5.60. The molecule has 1 aliphatic heterocycles. The predicted molar refractivity (Wildman–Crippen MR) is 95.3 cm³/mol. The van der Waals surface area contributed by atoms with Crippen LogP contribution in [0.5, 0.6) is 0 Å². The summed E-state index contributed by atoms with van der Waals surface area (Å²) in [5.41, 5.74) is 1.36. The van der Waals surface area contributed by atoms with E-state index in [-0.39, 0.29) is 23.7 Å².